The zero-order valence-electron chi connectivity index (χ0n) is 18.1. The predicted octanol–water partition coefficient (Wildman–Crippen LogP) is 0.603. The van der Waals surface area contributed by atoms with Gasteiger partial charge in [0.05, 0.1) is 5.92 Å². The van der Waals surface area contributed by atoms with E-state index >= 15 is 0 Å². The number of nitrogens with zero attached hydrogens (tertiary/aromatic N) is 5. The molecule has 0 spiro atoms. The Bertz CT molecular complexity index is 1120. The number of aromatic nitrogens is 4. The van der Waals surface area contributed by atoms with E-state index in [1.165, 1.54) is 13.3 Å². The Labute approximate surface area is 190 Å². The van der Waals surface area contributed by atoms with Gasteiger partial charge in [-0.05, 0) is 24.3 Å². The predicted molar refractivity (Wildman–Crippen MR) is 121 cm³/mol. The van der Waals surface area contributed by atoms with Crippen LogP contribution in [0.3, 0.4) is 0 Å². The van der Waals surface area contributed by atoms with Crippen molar-refractivity contribution in [2.45, 2.75) is 6.92 Å². The fourth-order valence-electron chi connectivity index (χ4n) is 3.39. The van der Waals surface area contributed by atoms with E-state index in [9.17, 15) is 14.4 Å². The van der Waals surface area contributed by atoms with Crippen LogP contribution in [0.2, 0.25) is 0 Å². The number of anilines is 2. The van der Waals surface area contributed by atoms with E-state index < -0.39 is 0 Å². The van der Waals surface area contributed by atoms with Gasteiger partial charge in [-0.2, -0.15) is 0 Å². The second kappa shape index (κ2) is 9.90. The zero-order chi connectivity index (χ0) is 23.2. The summed E-state index contributed by atoms with van der Waals surface area (Å²) in [6.07, 6.45) is 6.64. The summed E-state index contributed by atoms with van der Waals surface area (Å²) in [5, 5.41) is 8.27. The van der Waals surface area contributed by atoms with E-state index in [0.717, 1.165) is 5.82 Å². The molecular weight excluding hydrogens is 424 g/mol. The molecule has 4 rings (SSSR count). The van der Waals surface area contributed by atoms with Crippen LogP contribution in [0.25, 0.3) is 5.82 Å². The van der Waals surface area contributed by atoms with Crippen molar-refractivity contribution < 1.29 is 14.4 Å². The van der Waals surface area contributed by atoms with E-state index in [0.29, 0.717) is 43.2 Å². The highest BCUT2D eigenvalue weighted by molar-refractivity contribution is 5.95. The molecule has 3 heterocycles. The average Bonchev–Trinajstić information content (AvgIpc) is 3.31. The van der Waals surface area contributed by atoms with Gasteiger partial charge in [0.1, 0.15) is 24.3 Å². The van der Waals surface area contributed by atoms with Crippen molar-refractivity contribution in [3.05, 3.63) is 60.9 Å². The van der Waals surface area contributed by atoms with Crippen LogP contribution in [-0.4, -0.2) is 63.4 Å². The Kier molecular flexibility index (Phi) is 6.58. The van der Waals surface area contributed by atoms with E-state index in [4.69, 9.17) is 0 Å². The SMILES string of the molecule is CC(=O)Nc1ccc(C(=O)NCCNC(=O)C2CN(c3cc(-n4ccnc4)ncn3)C2)cc1. The second-order valence-corrected chi connectivity index (χ2v) is 7.61. The summed E-state index contributed by atoms with van der Waals surface area (Å²) in [7, 11) is 0. The number of benzene rings is 1. The molecule has 33 heavy (non-hydrogen) atoms. The first-order valence-electron chi connectivity index (χ1n) is 10.5. The van der Waals surface area contributed by atoms with Gasteiger partial charge in [-0.25, -0.2) is 15.0 Å². The van der Waals surface area contributed by atoms with Gasteiger partial charge in [0.15, 0.2) is 0 Å². The summed E-state index contributed by atoms with van der Waals surface area (Å²) in [6, 6.07) is 8.45. The Balaban J connectivity index is 1.17. The van der Waals surface area contributed by atoms with Gasteiger partial charge in [0.25, 0.3) is 5.91 Å². The molecule has 11 heteroatoms. The Morgan fingerprint density at radius 2 is 1.76 bits per heavy atom. The topological polar surface area (TPSA) is 134 Å². The van der Waals surface area contributed by atoms with Crippen LogP contribution in [0, 0.1) is 5.92 Å². The van der Waals surface area contributed by atoms with Crippen molar-refractivity contribution in [2.24, 2.45) is 5.92 Å². The molecule has 0 bridgehead atoms. The second-order valence-electron chi connectivity index (χ2n) is 7.61. The lowest BCUT2D eigenvalue weighted by Crippen LogP contribution is -2.54. The first-order valence-corrected chi connectivity index (χ1v) is 10.5. The molecule has 1 fully saturated rings. The highest BCUT2D eigenvalue weighted by Crippen LogP contribution is 2.23. The molecule has 170 valence electrons. The first kappa shape index (κ1) is 21.9. The minimum absolute atomic E-state index is 0.0518. The molecule has 1 saturated heterocycles. The molecule has 3 aromatic rings. The molecule has 2 aromatic heterocycles. The third-order valence-corrected chi connectivity index (χ3v) is 5.16. The molecule has 11 nitrogen and oxygen atoms in total. The Morgan fingerprint density at radius 3 is 2.45 bits per heavy atom. The van der Waals surface area contributed by atoms with Crippen LogP contribution < -0.4 is 20.9 Å². The summed E-state index contributed by atoms with van der Waals surface area (Å²) in [5.41, 5.74) is 1.10. The maximum Gasteiger partial charge on any atom is 0.251 e. The van der Waals surface area contributed by atoms with Crippen molar-refractivity contribution in [3.8, 4) is 5.82 Å². The van der Waals surface area contributed by atoms with Crippen molar-refractivity contribution in [1.29, 1.82) is 0 Å². The van der Waals surface area contributed by atoms with Crippen LogP contribution >= 0.6 is 0 Å². The molecule has 1 aliphatic heterocycles. The molecule has 0 radical (unpaired) electrons. The number of amides is 3. The molecule has 0 saturated carbocycles. The maximum absolute atomic E-state index is 12.4. The zero-order valence-corrected chi connectivity index (χ0v) is 18.1. The molecule has 3 N–H and O–H groups in total. The van der Waals surface area contributed by atoms with E-state index in [2.05, 4.69) is 30.9 Å². The van der Waals surface area contributed by atoms with E-state index in [1.807, 2.05) is 11.0 Å². The normalized spacial score (nSPS) is 13.2. The van der Waals surface area contributed by atoms with Crippen molar-refractivity contribution >= 4 is 29.2 Å². The van der Waals surface area contributed by atoms with E-state index in [-0.39, 0.29) is 23.6 Å². The van der Waals surface area contributed by atoms with E-state index in [1.54, 1.807) is 47.6 Å². The third kappa shape index (κ3) is 5.50. The average molecular weight is 448 g/mol. The van der Waals surface area contributed by atoms with Gasteiger partial charge in [0.2, 0.25) is 11.8 Å². The highest BCUT2D eigenvalue weighted by Gasteiger charge is 2.33. The highest BCUT2D eigenvalue weighted by atomic mass is 16.2. The number of hydrogen-bond acceptors (Lipinski definition) is 7. The van der Waals surface area contributed by atoms with Crippen molar-refractivity contribution in [3.63, 3.8) is 0 Å². The van der Waals surface area contributed by atoms with Crippen LogP contribution in [0.5, 0.6) is 0 Å². The lowest BCUT2D eigenvalue weighted by atomic mass is 9.99. The van der Waals surface area contributed by atoms with Crippen LogP contribution in [0.15, 0.2) is 55.4 Å². The van der Waals surface area contributed by atoms with Gasteiger partial charge >= 0.3 is 0 Å². The quantitative estimate of drug-likeness (QED) is 0.430. The number of imidazole rings is 1. The molecule has 3 amide bonds. The fraction of sp³-hybridized carbons (Fsp3) is 0.273. The molecule has 0 atom stereocenters. The lowest BCUT2D eigenvalue weighted by Gasteiger charge is -2.39. The maximum atomic E-state index is 12.4. The van der Waals surface area contributed by atoms with Gasteiger partial charge < -0.3 is 20.9 Å². The number of rotatable bonds is 8. The van der Waals surface area contributed by atoms with Crippen LogP contribution in [-0.2, 0) is 9.59 Å². The molecule has 1 aromatic carbocycles. The third-order valence-electron chi connectivity index (χ3n) is 5.16. The summed E-state index contributed by atoms with van der Waals surface area (Å²) in [6.45, 7) is 3.21. The standard InChI is InChI=1S/C22H24N8O3/c1-15(31)28-18-4-2-16(3-5-18)21(32)24-6-7-25-22(33)17-11-30(12-17)20-10-19(26-13-27-20)29-9-8-23-14-29/h2-5,8-10,13-14,17H,6-7,11-12H2,1H3,(H,24,32)(H,25,33)(H,28,31). The first-order chi connectivity index (χ1) is 16.0. The van der Waals surface area contributed by atoms with Crippen LogP contribution in [0.4, 0.5) is 11.5 Å². The summed E-state index contributed by atoms with van der Waals surface area (Å²) in [5.74, 6) is 0.873. The summed E-state index contributed by atoms with van der Waals surface area (Å²) < 4.78 is 1.79. The van der Waals surface area contributed by atoms with Gasteiger partial charge in [-0.1, -0.05) is 0 Å². The number of carbonyl (C=O) groups is 3. The fourth-order valence-corrected chi connectivity index (χ4v) is 3.39. The molecule has 1 aliphatic rings. The summed E-state index contributed by atoms with van der Waals surface area (Å²) >= 11 is 0. The Morgan fingerprint density at radius 1 is 1.03 bits per heavy atom. The lowest BCUT2D eigenvalue weighted by molar-refractivity contribution is -0.125. The van der Waals surface area contributed by atoms with Gasteiger partial charge in [0, 0.05) is 62.8 Å². The number of nitrogens with one attached hydrogen (secondary N) is 3. The van der Waals surface area contributed by atoms with Crippen molar-refractivity contribution in [1.82, 2.24) is 30.2 Å². The molecule has 0 aliphatic carbocycles. The monoisotopic (exact) mass is 448 g/mol. The molecular formula is C22H24N8O3. The van der Waals surface area contributed by atoms with Crippen molar-refractivity contribution in [2.75, 3.05) is 36.4 Å². The van der Waals surface area contributed by atoms with Gasteiger partial charge in [-0.15, -0.1) is 0 Å². The smallest absolute Gasteiger partial charge is 0.251 e. The largest absolute Gasteiger partial charge is 0.355 e. The number of hydrogen-bond donors (Lipinski definition) is 3. The Hall–Kier alpha value is -4.28. The minimum atomic E-state index is -0.245. The summed E-state index contributed by atoms with van der Waals surface area (Å²) in [4.78, 5) is 50.2. The van der Waals surface area contributed by atoms with Gasteiger partial charge in [-0.3, -0.25) is 19.0 Å². The molecule has 0 unspecified atom stereocenters. The van der Waals surface area contributed by atoms with Crippen LogP contribution in [0.1, 0.15) is 17.3 Å². The number of carbonyl (C=O) groups excluding carboxylic acids is 3. The minimum Gasteiger partial charge on any atom is -0.355 e.